The van der Waals surface area contributed by atoms with Gasteiger partial charge in [0.25, 0.3) is 5.91 Å². The van der Waals surface area contributed by atoms with Crippen molar-refractivity contribution in [3.8, 4) is 0 Å². The van der Waals surface area contributed by atoms with Crippen molar-refractivity contribution in [3.63, 3.8) is 0 Å². The molecule has 2 aromatic carbocycles. The number of carbonyl (C=O) groups is 2. The number of methoxy groups -OCH3 is 1. The van der Waals surface area contributed by atoms with Crippen LogP contribution in [-0.2, 0) is 20.9 Å². The maximum atomic E-state index is 13.8. The fourth-order valence-corrected chi connectivity index (χ4v) is 3.89. The Morgan fingerprint density at radius 3 is 2.54 bits per heavy atom. The monoisotopic (exact) mass is 475 g/mol. The number of amides is 2. The number of nitrogens with zero attached hydrogens (tertiary/aromatic N) is 4. The number of nitrogens with one attached hydrogen (secondary N) is 1. The second-order valence-electron chi connectivity index (χ2n) is 8.45. The molecule has 35 heavy (non-hydrogen) atoms. The quantitative estimate of drug-likeness (QED) is 0.351. The third-order valence-corrected chi connectivity index (χ3v) is 5.74. The minimum atomic E-state index is -1.02. The summed E-state index contributed by atoms with van der Waals surface area (Å²) in [6.07, 6.45) is 1.49. The number of benzene rings is 2. The van der Waals surface area contributed by atoms with Crippen LogP contribution in [0.25, 0.3) is 11.0 Å². The van der Waals surface area contributed by atoms with E-state index in [0.29, 0.717) is 36.0 Å². The van der Waals surface area contributed by atoms with Gasteiger partial charge in [-0.15, -0.1) is 5.10 Å². The Kier molecular flexibility index (Phi) is 7.57. The highest BCUT2D eigenvalue weighted by atomic mass is 16.5. The average molecular weight is 476 g/mol. The number of rotatable bonds is 10. The predicted molar refractivity (Wildman–Crippen MR) is 132 cm³/mol. The van der Waals surface area contributed by atoms with Crippen molar-refractivity contribution in [2.24, 2.45) is 0 Å². The smallest absolute Gasteiger partial charge is 0.251 e. The van der Waals surface area contributed by atoms with Crippen LogP contribution in [0.5, 0.6) is 0 Å². The van der Waals surface area contributed by atoms with Crippen LogP contribution < -0.4 is 10.2 Å². The average Bonchev–Trinajstić information content (AvgIpc) is 3.53. The lowest BCUT2D eigenvalue weighted by molar-refractivity contribution is -0.127. The summed E-state index contributed by atoms with van der Waals surface area (Å²) in [6.45, 7) is 4.74. The fraction of sp³-hybridized carbons (Fsp3) is 0.308. The SMILES string of the molecule is COCCNC(=O)[C@H](c1ccco1)N(C(=O)Cn1nnc2ccccc21)c1ccc(C(C)C)cc1. The third-order valence-electron chi connectivity index (χ3n) is 5.74. The number of anilines is 1. The Balaban J connectivity index is 1.74. The molecule has 0 aliphatic carbocycles. The second-order valence-corrected chi connectivity index (χ2v) is 8.45. The van der Waals surface area contributed by atoms with Crippen molar-refractivity contribution >= 4 is 28.5 Å². The molecule has 1 N–H and O–H groups in total. The normalized spacial score (nSPS) is 12.1. The number of para-hydroxylation sites is 1. The number of hydrogen-bond acceptors (Lipinski definition) is 6. The molecule has 9 nitrogen and oxygen atoms in total. The highest BCUT2D eigenvalue weighted by Crippen LogP contribution is 2.30. The van der Waals surface area contributed by atoms with Gasteiger partial charge >= 0.3 is 0 Å². The number of furan rings is 1. The van der Waals surface area contributed by atoms with Gasteiger partial charge in [-0.1, -0.05) is 43.3 Å². The van der Waals surface area contributed by atoms with Crippen molar-refractivity contribution in [2.75, 3.05) is 25.2 Å². The summed E-state index contributed by atoms with van der Waals surface area (Å²) in [7, 11) is 1.56. The molecule has 0 spiro atoms. The van der Waals surface area contributed by atoms with Gasteiger partial charge in [0, 0.05) is 19.3 Å². The zero-order valence-corrected chi connectivity index (χ0v) is 20.0. The molecule has 0 saturated carbocycles. The Morgan fingerprint density at radius 2 is 1.86 bits per heavy atom. The Hall–Kier alpha value is -3.98. The number of ether oxygens (including phenoxy) is 1. The fourth-order valence-electron chi connectivity index (χ4n) is 3.89. The van der Waals surface area contributed by atoms with Gasteiger partial charge in [-0.2, -0.15) is 0 Å². The van der Waals surface area contributed by atoms with Crippen molar-refractivity contribution < 1.29 is 18.7 Å². The summed E-state index contributed by atoms with van der Waals surface area (Å²) in [5.41, 5.74) is 3.12. The molecule has 182 valence electrons. The number of carbonyl (C=O) groups excluding carboxylic acids is 2. The van der Waals surface area contributed by atoms with Crippen LogP contribution >= 0.6 is 0 Å². The van der Waals surface area contributed by atoms with Gasteiger partial charge in [0.05, 0.1) is 18.4 Å². The standard InChI is InChI=1S/C26H29N5O4/c1-18(2)19-10-12-20(13-11-19)31(24(32)17-30-22-8-5-4-7-21(22)28-29-30)25(23-9-6-15-35-23)26(33)27-14-16-34-3/h4-13,15,18,25H,14,16-17H2,1-3H3,(H,27,33)/t25-/m0/s1. The molecule has 1 atom stereocenters. The van der Waals surface area contributed by atoms with Crippen LogP contribution in [0.3, 0.4) is 0 Å². The molecular formula is C26H29N5O4. The van der Waals surface area contributed by atoms with E-state index in [1.165, 1.54) is 15.8 Å². The van der Waals surface area contributed by atoms with Gasteiger partial charge in [-0.3, -0.25) is 14.5 Å². The summed E-state index contributed by atoms with van der Waals surface area (Å²) >= 11 is 0. The lowest BCUT2D eigenvalue weighted by Crippen LogP contribution is -2.45. The summed E-state index contributed by atoms with van der Waals surface area (Å²) in [4.78, 5) is 28.7. The van der Waals surface area contributed by atoms with Crippen LogP contribution in [0.1, 0.15) is 37.1 Å². The predicted octanol–water partition coefficient (Wildman–Crippen LogP) is 3.68. The third kappa shape index (κ3) is 5.41. The molecular weight excluding hydrogens is 446 g/mol. The van der Waals surface area contributed by atoms with E-state index in [1.54, 1.807) is 19.2 Å². The van der Waals surface area contributed by atoms with Crippen LogP contribution in [0.4, 0.5) is 5.69 Å². The van der Waals surface area contributed by atoms with Crippen LogP contribution in [0.15, 0.2) is 71.3 Å². The second kappa shape index (κ2) is 11.0. The first-order chi connectivity index (χ1) is 17.0. The van der Waals surface area contributed by atoms with E-state index >= 15 is 0 Å². The summed E-state index contributed by atoms with van der Waals surface area (Å²) in [5.74, 6) is -0.0273. The first-order valence-corrected chi connectivity index (χ1v) is 11.5. The van der Waals surface area contributed by atoms with E-state index < -0.39 is 6.04 Å². The molecule has 0 aliphatic heterocycles. The van der Waals surface area contributed by atoms with E-state index in [1.807, 2.05) is 48.5 Å². The lowest BCUT2D eigenvalue weighted by Gasteiger charge is -2.30. The van der Waals surface area contributed by atoms with Gasteiger partial charge < -0.3 is 14.5 Å². The molecule has 9 heteroatoms. The Labute approximate surface area is 203 Å². The molecule has 0 fully saturated rings. The molecule has 0 radical (unpaired) electrons. The molecule has 0 saturated heterocycles. The van der Waals surface area contributed by atoms with E-state index in [0.717, 1.165) is 11.1 Å². The van der Waals surface area contributed by atoms with Crippen molar-refractivity contribution in [2.45, 2.75) is 32.4 Å². The minimum absolute atomic E-state index is 0.102. The zero-order chi connectivity index (χ0) is 24.8. The van der Waals surface area contributed by atoms with Crippen LogP contribution in [0, 0.1) is 0 Å². The van der Waals surface area contributed by atoms with Gasteiger partial charge in [0.15, 0.2) is 6.04 Å². The number of aromatic nitrogens is 3. The van der Waals surface area contributed by atoms with Gasteiger partial charge in [-0.05, 0) is 47.9 Å². The molecule has 4 aromatic rings. The van der Waals surface area contributed by atoms with E-state index in [4.69, 9.17) is 9.15 Å². The Bertz CT molecular complexity index is 1260. The van der Waals surface area contributed by atoms with Gasteiger partial charge in [0.2, 0.25) is 5.91 Å². The number of fused-ring (bicyclic) bond motifs is 1. The maximum Gasteiger partial charge on any atom is 0.251 e. The largest absolute Gasteiger partial charge is 0.467 e. The first kappa shape index (κ1) is 24.2. The van der Waals surface area contributed by atoms with Crippen LogP contribution in [-0.4, -0.2) is 47.1 Å². The first-order valence-electron chi connectivity index (χ1n) is 11.5. The summed E-state index contributed by atoms with van der Waals surface area (Å²) < 4.78 is 12.2. The van der Waals surface area contributed by atoms with Gasteiger partial charge in [-0.25, -0.2) is 4.68 Å². The van der Waals surface area contributed by atoms with Crippen LogP contribution in [0.2, 0.25) is 0 Å². The molecule has 2 heterocycles. The lowest BCUT2D eigenvalue weighted by atomic mass is 10.0. The van der Waals surface area contributed by atoms with E-state index in [-0.39, 0.29) is 18.4 Å². The minimum Gasteiger partial charge on any atom is -0.467 e. The Morgan fingerprint density at radius 1 is 1.09 bits per heavy atom. The molecule has 4 rings (SSSR count). The summed E-state index contributed by atoms with van der Waals surface area (Å²) in [6, 6.07) is 17.4. The highest BCUT2D eigenvalue weighted by Gasteiger charge is 2.35. The molecule has 0 aliphatic rings. The van der Waals surface area contributed by atoms with Gasteiger partial charge in [0.1, 0.15) is 17.8 Å². The molecule has 2 amide bonds. The maximum absolute atomic E-state index is 13.8. The topological polar surface area (TPSA) is 102 Å². The highest BCUT2D eigenvalue weighted by molar-refractivity contribution is 6.01. The zero-order valence-electron chi connectivity index (χ0n) is 20.0. The van der Waals surface area contributed by atoms with Crippen molar-refractivity contribution in [1.82, 2.24) is 20.3 Å². The van der Waals surface area contributed by atoms with Crippen molar-refractivity contribution in [1.29, 1.82) is 0 Å². The van der Waals surface area contributed by atoms with E-state index in [9.17, 15) is 9.59 Å². The number of hydrogen-bond donors (Lipinski definition) is 1. The van der Waals surface area contributed by atoms with Crippen molar-refractivity contribution in [3.05, 3.63) is 78.3 Å². The van der Waals surface area contributed by atoms with E-state index in [2.05, 4.69) is 29.5 Å². The summed E-state index contributed by atoms with van der Waals surface area (Å²) in [5, 5.41) is 11.1. The molecule has 0 unspecified atom stereocenters. The molecule has 2 aromatic heterocycles. The molecule has 0 bridgehead atoms.